The van der Waals surface area contributed by atoms with Gasteiger partial charge in [-0.25, -0.2) is 4.98 Å². The Hall–Kier alpha value is -2.20. The summed E-state index contributed by atoms with van der Waals surface area (Å²) < 4.78 is 38.2. The standard InChI is InChI=1S/C15H15F3N4O2S/c16-15(17,18)9-5-10(12(23)20-6-9)21-13(24)11-7-25-14(22-11)8-1-3-19-4-2-8/h5-8,19H,1-4H2,(H,20,23)(H,21,24). The topological polar surface area (TPSA) is 86.9 Å². The summed E-state index contributed by atoms with van der Waals surface area (Å²) in [5.41, 5.74) is -2.22. The smallest absolute Gasteiger partial charge is 0.327 e. The van der Waals surface area contributed by atoms with Gasteiger partial charge in [-0.2, -0.15) is 13.2 Å². The van der Waals surface area contributed by atoms with Crippen molar-refractivity contribution in [3.63, 3.8) is 0 Å². The lowest BCUT2D eigenvalue weighted by atomic mass is 9.99. The van der Waals surface area contributed by atoms with Gasteiger partial charge in [0.2, 0.25) is 0 Å². The van der Waals surface area contributed by atoms with Crippen molar-refractivity contribution in [3.05, 3.63) is 44.3 Å². The molecule has 10 heteroatoms. The molecule has 0 saturated carbocycles. The first kappa shape index (κ1) is 17.6. The summed E-state index contributed by atoms with van der Waals surface area (Å²) in [6, 6.07) is 0.608. The van der Waals surface area contributed by atoms with Crippen molar-refractivity contribution in [2.24, 2.45) is 0 Å². The van der Waals surface area contributed by atoms with E-state index in [1.807, 2.05) is 4.98 Å². The Morgan fingerprint density at radius 3 is 2.72 bits per heavy atom. The molecule has 0 bridgehead atoms. The van der Waals surface area contributed by atoms with Gasteiger partial charge in [0.05, 0.1) is 10.6 Å². The third-order valence-electron chi connectivity index (χ3n) is 3.92. The van der Waals surface area contributed by atoms with Crippen LogP contribution in [0.2, 0.25) is 0 Å². The van der Waals surface area contributed by atoms with Crippen LogP contribution in [0.25, 0.3) is 0 Å². The van der Waals surface area contributed by atoms with Crippen molar-refractivity contribution < 1.29 is 18.0 Å². The quantitative estimate of drug-likeness (QED) is 0.773. The minimum absolute atomic E-state index is 0.0929. The molecule has 3 heterocycles. The normalized spacial score (nSPS) is 16.0. The van der Waals surface area contributed by atoms with Crippen molar-refractivity contribution in [3.8, 4) is 0 Å². The van der Waals surface area contributed by atoms with E-state index in [-0.39, 0.29) is 11.6 Å². The number of nitrogens with one attached hydrogen (secondary N) is 3. The summed E-state index contributed by atoms with van der Waals surface area (Å²) >= 11 is 1.34. The lowest BCUT2D eigenvalue weighted by Gasteiger charge is -2.20. The number of nitrogens with zero attached hydrogens (tertiary/aromatic N) is 1. The van der Waals surface area contributed by atoms with E-state index in [2.05, 4.69) is 15.6 Å². The maximum Gasteiger partial charge on any atom is 0.417 e. The molecular weight excluding hydrogens is 357 g/mol. The van der Waals surface area contributed by atoms with Crippen LogP contribution in [0.15, 0.2) is 22.4 Å². The molecular formula is C15H15F3N4O2S. The van der Waals surface area contributed by atoms with E-state index < -0.39 is 28.9 Å². The van der Waals surface area contributed by atoms with Crippen molar-refractivity contribution >= 4 is 22.9 Å². The van der Waals surface area contributed by atoms with Gasteiger partial charge in [-0.05, 0) is 32.0 Å². The SMILES string of the molecule is O=C(Nc1cc(C(F)(F)F)c[nH]c1=O)c1csc(C2CCNCC2)n1. The molecule has 0 radical (unpaired) electrons. The summed E-state index contributed by atoms with van der Waals surface area (Å²) in [5, 5.41) is 7.82. The zero-order valence-corrected chi connectivity index (χ0v) is 13.8. The van der Waals surface area contributed by atoms with E-state index in [0.29, 0.717) is 12.3 Å². The Morgan fingerprint density at radius 1 is 1.32 bits per heavy atom. The number of pyridine rings is 1. The van der Waals surface area contributed by atoms with Gasteiger partial charge < -0.3 is 15.6 Å². The van der Waals surface area contributed by atoms with Gasteiger partial charge in [0, 0.05) is 17.5 Å². The van der Waals surface area contributed by atoms with Crippen molar-refractivity contribution in [2.45, 2.75) is 24.9 Å². The number of carbonyl (C=O) groups is 1. The summed E-state index contributed by atoms with van der Waals surface area (Å²) in [5.74, 6) is -0.439. The molecule has 0 unspecified atom stereocenters. The molecule has 25 heavy (non-hydrogen) atoms. The molecule has 0 atom stereocenters. The second-order valence-electron chi connectivity index (χ2n) is 5.68. The molecule has 134 valence electrons. The first-order valence-corrected chi connectivity index (χ1v) is 8.50. The highest BCUT2D eigenvalue weighted by Crippen LogP contribution is 2.30. The van der Waals surface area contributed by atoms with Crippen LogP contribution in [-0.4, -0.2) is 29.0 Å². The van der Waals surface area contributed by atoms with Crippen LogP contribution >= 0.6 is 11.3 Å². The first-order valence-electron chi connectivity index (χ1n) is 7.62. The van der Waals surface area contributed by atoms with Crippen molar-refractivity contribution in [1.82, 2.24) is 15.3 Å². The van der Waals surface area contributed by atoms with Crippen LogP contribution in [-0.2, 0) is 6.18 Å². The van der Waals surface area contributed by atoms with Crippen LogP contribution in [0.4, 0.5) is 18.9 Å². The van der Waals surface area contributed by atoms with Gasteiger partial charge in [0.1, 0.15) is 11.4 Å². The minimum atomic E-state index is -4.62. The highest BCUT2D eigenvalue weighted by molar-refractivity contribution is 7.09. The van der Waals surface area contributed by atoms with Crippen molar-refractivity contribution in [2.75, 3.05) is 18.4 Å². The summed E-state index contributed by atoms with van der Waals surface area (Å²) in [6.45, 7) is 1.76. The van der Waals surface area contributed by atoms with Gasteiger partial charge in [-0.1, -0.05) is 0 Å². The fraction of sp³-hybridized carbons (Fsp3) is 0.400. The van der Waals surface area contributed by atoms with Gasteiger partial charge in [-0.3, -0.25) is 9.59 Å². The van der Waals surface area contributed by atoms with Crippen LogP contribution in [0.3, 0.4) is 0 Å². The van der Waals surface area contributed by atoms with Crippen LogP contribution in [0, 0.1) is 0 Å². The number of amides is 1. The predicted molar refractivity (Wildman–Crippen MR) is 87.0 cm³/mol. The van der Waals surface area contributed by atoms with Gasteiger partial charge in [0.15, 0.2) is 0 Å². The molecule has 0 aromatic carbocycles. The van der Waals surface area contributed by atoms with E-state index >= 15 is 0 Å². The number of aromatic nitrogens is 2. The lowest BCUT2D eigenvalue weighted by molar-refractivity contribution is -0.137. The average molecular weight is 372 g/mol. The third kappa shape index (κ3) is 4.07. The molecule has 1 aliphatic rings. The number of alkyl halides is 3. The van der Waals surface area contributed by atoms with Gasteiger partial charge >= 0.3 is 6.18 Å². The Labute approximate surface area is 144 Å². The molecule has 3 N–H and O–H groups in total. The highest BCUT2D eigenvalue weighted by Gasteiger charge is 2.31. The number of rotatable bonds is 3. The Morgan fingerprint density at radius 2 is 2.04 bits per heavy atom. The van der Waals surface area contributed by atoms with Crippen LogP contribution in [0.1, 0.15) is 39.8 Å². The fourth-order valence-electron chi connectivity index (χ4n) is 2.57. The Kier molecular flexibility index (Phi) is 4.91. The molecule has 1 amide bonds. The monoisotopic (exact) mass is 372 g/mol. The molecule has 1 fully saturated rings. The van der Waals surface area contributed by atoms with Crippen LogP contribution in [0.5, 0.6) is 0 Å². The largest absolute Gasteiger partial charge is 0.417 e. The fourth-order valence-corrected chi connectivity index (χ4v) is 3.55. The molecule has 2 aromatic heterocycles. The van der Waals surface area contributed by atoms with Gasteiger partial charge in [-0.15, -0.1) is 11.3 Å². The zero-order valence-electron chi connectivity index (χ0n) is 12.9. The average Bonchev–Trinajstić information content (AvgIpc) is 3.07. The van der Waals surface area contributed by atoms with Crippen LogP contribution < -0.4 is 16.2 Å². The highest BCUT2D eigenvalue weighted by atomic mass is 32.1. The number of hydrogen-bond donors (Lipinski definition) is 3. The lowest BCUT2D eigenvalue weighted by Crippen LogP contribution is -2.26. The van der Waals surface area contributed by atoms with Crippen molar-refractivity contribution in [1.29, 1.82) is 0 Å². The van der Waals surface area contributed by atoms with E-state index in [1.54, 1.807) is 5.38 Å². The Bertz CT molecular complexity index is 825. The number of H-pyrrole nitrogens is 1. The van der Waals surface area contributed by atoms with E-state index in [9.17, 15) is 22.8 Å². The second-order valence-corrected chi connectivity index (χ2v) is 6.57. The molecule has 0 aliphatic carbocycles. The summed E-state index contributed by atoms with van der Waals surface area (Å²) in [7, 11) is 0. The number of piperidine rings is 1. The maximum absolute atomic E-state index is 12.7. The number of hydrogen-bond acceptors (Lipinski definition) is 5. The molecule has 2 aromatic rings. The zero-order chi connectivity index (χ0) is 18.0. The number of carbonyl (C=O) groups excluding carboxylic acids is 1. The predicted octanol–water partition coefficient (Wildman–Crippen LogP) is 2.57. The second kappa shape index (κ2) is 6.96. The van der Waals surface area contributed by atoms with E-state index in [1.165, 1.54) is 11.3 Å². The summed E-state index contributed by atoms with van der Waals surface area (Å²) in [4.78, 5) is 30.1. The van der Waals surface area contributed by atoms with E-state index in [0.717, 1.165) is 30.9 Å². The number of halogens is 3. The summed E-state index contributed by atoms with van der Waals surface area (Å²) in [6.07, 6.45) is -2.22. The first-order chi connectivity index (χ1) is 11.8. The number of thiazole rings is 1. The number of aromatic amines is 1. The Balaban J connectivity index is 1.76. The molecule has 3 rings (SSSR count). The third-order valence-corrected chi connectivity index (χ3v) is 4.93. The molecule has 1 saturated heterocycles. The minimum Gasteiger partial charge on any atom is -0.327 e. The molecule has 1 aliphatic heterocycles. The number of anilines is 1. The maximum atomic E-state index is 12.7. The van der Waals surface area contributed by atoms with E-state index in [4.69, 9.17) is 0 Å². The van der Waals surface area contributed by atoms with Gasteiger partial charge in [0.25, 0.3) is 11.5 Å². The molecule has 6 nitrogen and oxygen atoms in total. The molecule has 0 spiro atoms.